The molecule has 1 aromatic rings. The quantitative estimate of drug-likeness (QED) is 0.817. The van der Waals surface area contributed by atoms with Crippen molar-refractivity contribution in [1.29, 1.82) is 0 Å². The van der Waals surface area contributed by atoms with Gasteiger partial charge in [0, 0.05) is 12.4 Å². The second-order valence-corrected chi connectivity index (χ2v) is 3.67. The summed E-state index contributed by atoms with van der Waals surface area (Å²) < 4.78 is 35.9. The van der Waals surface area contributed by atoms with Gasteiger partial charge in [-0.2, -0.15) is 13.2 Å². The first-order chi connectivity index (χ1) is 8.88. The lowest BCUT2D eigenvalue weighted by molar-refractivity contribution is -0.136. The van der Waals surface area contributed by atoms with Crippen LogP contribution < -0.4 is 10.6 Å². The van der Waals surface area contributed by atoms with Gasteiger partial charge >= 0.3 is 6.18 Å². The smallest absolute Gasteiger partial charge is 0.343 e. The van der Waals surface area contributed by atoms with E-state index in [1.54, 1.807) is 5.32 Å². The van der Waals surface area contributed by atoms with Gasteiger partial charge in [-0.1, -0.05) is 0 Å². The van der Waals surface area contributed by atoms with E-state index in [1.165, 1.54) is 18.3 Å². The van der Waals surface area contributed by atoms with Gasteiger partial charge in [0.05, 0.1) is 5.56 Å². The number of halogens is 3. The Morgan fingerprint density at radius 2 is 2.11 bits per heavy atom. The monoisotopic (exact) mass is 270 g/mol. The molecule has 1 amide bonds. The van der Waals surface area contributed by atoms with Gasteiger partial charge in [-0.25, -0.2) is 10.3 Å². The highest BCUT2D eigenvalue weighted by Gasteiger charge is 2.31. The van der Waals surface area contributed by atoms with Crippen molar-refractivity contribution < 1.29 is 22.8 Å². The molecule has 1 aliphatic heterocycles. The molecule has 0 unspecified atom stereocenters. The average Bonchev–Trinajstić information content (AvgIpc) is 2.36. The fourth-order valence-corrected chi connectivity index (χ4v) is 1.44. The number of nitrogens with one attached hydrogen (secondary N) is 1. The van der Waals surface area contributed by atoms with Crippen LogP contribution in [0.1, 0.15) is 10.4 Å². The highest BCUT2D eigenvalue weighted by atomic mass is 19.4. The third-order valence-electron chi connectivity index (χ3n) is 2.29. The Labute approximate surface area is 105 Å². The molecular weight excluding hydrogens is 263 g/mol. The summed E-state index contributed by atoms with van der Waals surface area (Å²) in [7, 11) is 0. The maximum absolute atomic E-state index is 12.0. The van der Waals surface area contributed by atoms with E-state index in [-0.39, 0.29) is 11.4 Å². The van der Waals surface area contributed by atoms with E-state index in [9.17, 15) is 22.8 Å². The molecule has 0 aromatic carbocycles. The van der Waals surface area contributed by atoms with Crippen molar-refractivity contribution in [3.63, 3.8) is 0 Å². The normalized spacial score (nSPS) is 14.3. The van der Waals surface area contributed by atoms with E-state index < -0.39 is 30.0 Å². The van der Waals surface area contributed by atoms with E-state index >= 15 is 0 Å². The maximum atomic E-state index is 12.0. The predicted octanol–water partition coefficient (Wildman–Crippen LogP) is 1.08. The van der Waals surface area contributed by atoms with Crippen LogP contribution in [0.2, 0.25) is 0 Å². The highest BCUT2D eigenvalue weighted by molar-refractivity contribution is 6.27. The summed E-state index contributed by atoms with van der Waals surface area (Å²) in [5.41, 5.74) is -0.355. The summed E-state index contributed by atoms with van der Waals surface area (Å²) in [5, 5.41) is 5.37. The number of hydrogen-bond donors (Lipinski definition) is 1. The number of ketones is 1. The van der Waals surface area contributed by atoms with Gasteiger partial charge in [0.25, 0.3) is 5.91 Å². The number of pyridine rings is 1. The molecule has 1 N–H and O–H groups in total. The minimum atomic E-state index is -4.54. The van der Waals surface area contributed by atoms with Crippen molar-refractivity contribution in [2.24, 2.45) is 0 Å². The fraction of sp³-hybridized carbons (Fsp3) is 0.182. The lowest BCUT2D eigenvalue weighted by Crippen LogP contribution is -2.37. The van der Waals surface area contributed by atoms with Gasteiger partial charge < -0.3 is 5.32 Å². The van der Waals surface area contributed by atoms with Gasteiger partial charge in [0.2, 0.25) is 5.78 Å². The molecule has 1 aromatic heterocycles. The van der Waals surface area contributed by atoms with Gasteiger partial charge in [0.1, 0.15) is 12.1 Å². The highest BCUT2D eigenvalue weighted by Crippen LogP contribution is 2.21. The molecule has 2 rings (SSSR count). The van der Waals surface area contributed by atoms with Crippen molar-refractivity contribution >= 4 is 17.5 Å². The van der Waals surface area contributed by atoms with Crippen LogP contribution in [0.25, 0.3) is 0 Å². The van der Waals surface area contributed by atoms with Crippen LogP contribution >= 0.6 is 0 Å². The Morgan fingerprint density at radius 3 is 2.79 bits per heavy atom. The molecule has 5 nitrogen and oxygen atoms in total. The number of amides is 1. The zero-order valence-corrected chi connectivity index (χ0v) is 9.36. The number of rotatable bonds is 2. The zero-order valence-electron chi connectivity index (χ0n) is 9.36. The number of Topliss-reactive ketones (excluding diaryl/α,β-unsaturated/α-hetero) is 1. The Kier molecular flexibility index (Phi) is 3.24. The van der Waals surface area contributed by atoms with Crippen LogP contribution in [-0.2, 0) is 4.79 Å². The molecule has 0 saturated heterocycles. The zero-order chi connectivity index (χ0) is 14.0. The van der Waals surface area contributed by atoms with Crippen LogP contribution in [0.3, 0.4) is 0 Å². The number of hydrogen-bond acceptors (Lipinski definition) is 3. The van der Waals surface area contributed by atoms with E-state index in [4.69, 9.17) is 0 Å². The van der Waals surface area contributed by atoms with Gasteiger partial charge in [-0.3, -0.25) is 9.59 Å². The Balaban J connectivity index is 2.13. The van der Waals surface area contributed by atoms with Crippen molar-refractivity contribution in [3.8, 4) is 0 Å². The third-order valence-corrected chi connectivity index (χ3v) is 2.29. The fourth-order valence-electron chi connectivity index (χ4n) is 1.44. The first kappa shape index (κ1) is 13.1. The number of fused-ring (bicyclic) bond motifs is 1. The Hall–Kier alpha value is -2.38. The number of aromatic nitrogens is 1. The minimum absolute atomic E-state index is 0.0853. The second kappa shape index (κ2) is 4.71. The topological polar surface area (TPSA) is 73.2 Å². The summed E-state index contributed by atoms with van der Waals surface area (Å²) in [6.07, 6.45) is -2.20. The van der Waals surface area contributed by atoms with E-state index in [0.29, 0.717) is 0 Å². The number of alkyl halides is 3. The molecule has 0 aliphatic carbocycles. The van der Waals surface area contributed by atoms with Crippen LogP contribution in [0, 0.1) is 0 Å². The summed E-state index contributed by atoms with van der Waals surface area (Å²) in [4.78, 5) is 27.2. The first-order valence-corrected chi connectivity index (χ1v) is 5.14. The van der Waals surface area contributed by atoms with Gasteiger partial charge in [-0.15, -0.1) is 0 Å². The molecule has 0 fully saturated rings. The second-order valence-electron chi connectivity index (χ2n) is 3.67. The molecule has 1 radical (unpaired) electrons. The van der Waals surface area contributed by atoms with E-state index in [0.717, 1.165) is 6.20 Å². The SMILES string of the molecule is O=C(NCC(F)(F)F)C1=C[N]c2ncccc2C1=O. The summed E-state index contributed by atoms with van der Waals surface area (Å²) in [6, 6.07) is 2.88. The molecule has 99 valence electrons. The maximum Gasteiger partial charge on any atom is 0.405 e. The largest absolute Gasteiger partial charge is 0.405 e. The minimum Gasteiger partial charge on any atom is -0.343 e. The van der Waals surface area contributed by atoms with Crippen LogP contribution in [-0.4, -0.2) is 29.4 Å². The molecule has 0 saturated carbocycles. The van der Waals surface area contributed by atoms with Crippen molar-refractivity contribution in [3.05, 3.63) is 35.7 Å². The van der Waals surface area contributed by atoms with Crippen molar-refractivity contribution in [2.45, 2.75) is 6.18 Å². The van der Waals surface area contributed by atoms with Crippen molar-refractivity contribution in [1.82, 2.24) is 15.6 Å². The lowest BCUT2D eigenvalue weighted by atomic mass is 10.0. The van der Waals surface area contributed by atoms with Gasteiger partial charge in [-0.05, 0) is 12.1 Å². The molecule has 0 atom stereocenters. The summed E-state index contributed by atoms with van der Waals surface area (Å²) in [5.74, 6) is -1.67. The average molecular weight is 270 g/mol. The number of carbonyl (C=O) groups is 2. The van der Waals surface area contributed by atoms with Crippen LogP contribution in [0.5, 0.6) is 0 Å². The molecule has 0 spiro atoms. The van der Waals surface area contributed by atoms with Crippen molar-refractivity contribution in [2.75, 3.05) is 6.54 Å². The lowest BCUT2D eigenvalue weighted by Gasteiger charge is -2.14. The first-order valence-electron chi connectivity index (χ1n) is 5.14. The molecule has 1 aliphatic rings. The molecular formula is C11H7F3N3O2. The van der Waals surface area contributed by atoms with Gasteiger partial charge in [0.15, 0.2) is 5.82 Å². The number of nitrogens with zero attached hydrogens (tertiary/aromatic N) is 2. The van der Waals surface area contributed by atoms with Crippen LogP contribution in [0.4, 0.5) is 19.0 Å². The Bertz CT molecular complexity index is 567. The molecule has 19 heavy (non-hydrogen) atoms. The van der Waals surface area contributed by atoms with E-state index in [2.05, 4.69) is 10.3 Å². The molecule has 2 heterocycles. The third kappa shape index (κ3) is 2.90. The summed E-state index contributed by atoms with van der Waals surface area (Å²) >= 11 is 0. The summed E-state index contributed by atoms with van der Waals surface area (Å²) in [6.45, 7) is -1.50. The standard InChI is InChI=1S/C11H7F3N3O2/c12-11(13,14)5-17-10(19)7-4-16-9-6(8(7)18)2-1-3-15-9/h1-4H,5H2,(H,17,19). The predicted molar refractivity (Wildman–Crippen MR) is 57.5 cm³/mol. The van der Waals surface area contributed by atoms with Crippen LogP contribution in [0.15, 0.2) is 30.1 Å². The molecule has 8 heteroatoms. The number of carbonyl (C=O) groups excluding carboxylic acids is 2. The molecule has 0 bridgehead atoms. The van der Waals surface area contributed by atoms with E-state index in [1.807, 2.05) is 0 Å². The Morgan fingerprint density at radius 1 is 1.37 bits per heavy atom.